The number of amides is 1. The maximum atomic E-state index is 11.8. The SMILES string of the molecule is C/C(=N/NC(=O)Cc1nc(C)cs1)c1ccc(OCC(=O)O)cc1. The van der Waals surface area contributed by atoms with Crippen molar-refractivity contribution in [1.82, 2.24) is 10.4 Å². The topological polar surface area (TPSA) is 101 Å². The number of rotatable bonds is 7. The summed E-state index contributed by atoms with van der Waals surface area (Å²) in [6.07, 6.45) is 0.192. The minimum Gasteiger partial charge on any atom is -0.482 e. The third-order valence-electron chi connectivity index (χ3n) is 2.96. The summed E-state index contributed by atoms with van der Waals surface area (Å²) >= 11 is 1.44. The van der Waals surface area contributed by atoms with Crippen molar-refractivity contribution in [2.45, 2.75) is 20.3 Å². The van der Waals surface area contributed by atoms with Gasteiger partial charge < -0.3 is 9.84 Å². The monoisotopic (exact) mass is 347 g/mol. The zero-order valence-electron chi connectivity index (χ0n) is 13.3. The molecule has 0 atom stereocenters. The molecule has 2 N–H and O–H groups in total. The minimum atomic E-state index is -1.03. The number of carbonyl (C=O) groups excluding carboxylic acids is 1. The van der Waals surface area contributed by atoms with E-state index in [9.17, 15) is 9.59 Å². The van der Waals surface area contributed by atoms with E-state index < -0.39 is 12.6 Å². The van der Waals surface area contributed by atoms with E-state index in [1.54, 1.807) is 31.2 Å². The van der Waals surface area contributed by atoms with Crippen LogP contribution < -0.4 is 10.2 Å². The van der Waals surface area contributed by atoms with E-state index in [0.29, 0.717) is 11.5 Å². The Hall–Kier alpha value is -2.74. The van der Waals surface area contributed by atoms with Gasteiger partial charge in [-0.25, -0.2) is 15.2 Å². The highest BCUT2D eigenvalue weighted by Gasteiger charge is 2.07. The van der Waals surface area contributed by atoms with Crippen LogP contribution in [0.2, 0.25) is 0 Å². The summed E-state index contributed by atoms with van der Waals surface area (Å²) in [6.45, 7) is 3.25. The van der Waals surface area contributed by atoms with Crippen LogP contribution in [0.25, 0.3) is 0 Å². The molecule has 0 spiro atoms. The van der Waals surface area contributed by atoms with E-state index in [4.69, 9.17) is 9.84 Å². The number of carbonyl (C=O) groups is 2. The molecule has 0 aliphatic carbocycles. The number of aromatic nitrogens is 1. The summed E-state index contributed by atoms with van der Waals surface area (Å²) in [5.41, 5.74) is 4.82. The van der Waals surface area contributed by atoms with Gasteiger partial charge in [-0.15, -0.1) is 11.3 Å². The fraction of sp³-hybridized carbons (Fsp3) is 0.250. The minimum absolute atomic E-state index is 0.192. The van der Waals surface area contributed by atoms with Gasteiger partial charge in [-0.05, 0) is 43.7 Å². The molecule has 1 amide bonds. The molecule has 0 aliphatic rings. The molecule has 1 heterocycles. The van der Waals surface area contributed by atoms with Crippen LogP contribution in [0.1, 0.15) is 23.2 Å². The molecule has 2 rings (SSSR count). The number of hydrazone groups is 1. The lowest BCUT2D eigenvalue weighted by atomic mass is 10.1. The highest BCUT2D eigenvalue weighted by Crippen LogP contribution is 2.13. The van der Waals surface area contributed by atoms with Crippen LogP contribution in [-0.2, 0) is 16.0 Å². The molecule has 0 saturated heterocycles. The lowest BCUT2D eigenvalue weighted by Gasteiger charge is -2.05. The first-order valence-electron chi connectivity index (χ1n) is 7.13. The van der Waals surface area contributed by atoms with Crippen molar-refractivity contribution in [2.24, 2.45) is 5.10 Å². The molecule has 0 radical (unpaired) electrons. The van der Waals surface area contributed by atoms with Gasteiger partial charge >= 0.3 is 5.97 Å². The number of thiazole rings is 1. The maximum absolute atomic E-state index is 11.8. The average Bonchev–Trinajstić information content (AvgIpc) is 2.96. The van der Waals surface area contributed by atoms with E-state index in [1.807, 2.05) is 12.3 Å². The van der Waals surface area contributed by atoms with Gasteiger partial charge in [0.05, 0.1) is 12.1 Å². The Morgan fingerprint density at radius 2 is 2.04 bits per heavy atom. The van der Waals surface area contributed by atoms with Crippen molar-refractivity contribution in [3.8, 4) is 5.75 Å². The van der Waals surface area contributed by atoms with E-state index >= 15 is 0 Å². The summed E-state index contributed by atoms with van der Waals surface area (Å²) in [5.74, 6) is -0.808. The number of hydrogen-bond donors (Lipinski definition) is 2. The molecule has 0 fully saturated rings. The number of carboxylic acids is 1. The number of nitrogens with one attached hydrogen (secondary N) is 1. The predicted molar refractivity (Wildman–Crippen MR) is 90.5 cm³/mol. The first-order valence-corrected chi connectivity index (χ1v) is 8.01. The Kier molecular flexibility index (Phi) is 6.02. The number of nitrogens with zero attached hydrogens (tertiary/aromatic N) is 2. The maximum Gasteiger partial charge on any atom is 0.341 e. The number of carboxylic acid groups (broad SMARTS) is 1. The van der Waals surface area contributed by atoms with E-state index in [-0.39, 0.29) is 12.3 Å². The quantitative estimate of drug-likeness (QED) is 0.589. The number of aliphatic carboxylic acids is 1. The van der Waals surface area contributed by atoms with E-state index in [0.717, 1.165) is 16.3 Å². The Bertz CT molecular complexity index is 753. The Balaban J connectivity index is 1.90. The zero-order valence-corrected chi connectivity index (χ0v) is 14.1. The first-order chi connectivity index (χ1) is 11.4. The van der Waals surface area contributed by atoms with Gasteiger partial charge in [-0.2, -0.15) is 5.10 Å². The summed E-state index contributed by atoms with van der Waals surface area (Å²) in [4.78, 5) is 26.5. The smallest absolute Gasteiger partial charge is 0.341 e. The molecular weight excluding hydrogens is 330 g/mol. The molecule has 126 valence electrons. The second-order valence-electron chi connectivity index (χ2n) is 5.00. The van der Waals surface area contributed by atoms with E-state index in [1.165, 1.54) is 11.3 Å². The molecule has 0 aliphatic heterocycles. The number of aryl methyl sites for hydroxylation is 1. The standard InChI is InChI=1S/C16H17N3O4S/c1-10-9-24-15(17-10)7-14(20)19-18-11(2)12-3-5-13(6-4-12)23-8-16(21)22/h3-6,9H,7-8H2,1-2H3,(H,19,20)(H,21,22)/b18-11-. The van der Waals surface area contributed by atoms with Crippen LogP contribution >= 0.6 is 11.3 Å². The fourth-order valence-electron chi connectivity index (χ4n) is 1.81. The van der Waals surface area contributed by atoms with Gasteiger partial charge in [0.1, 0.15) is 10.8 Å². The van der Waals surface area contributed by atoms with Crippen LogP contribution in [0.15, 0.2) is 34.7 Å². The van der Waals surface area contributed by atoms with Crippen LogP contribution in [0, 0.1) is 6.92 Å². The Morgan fingerprint density at radius 1 is 1.33 bits per heavy atom. The molecule has 7 nitrogen and oxygen atoms in total. The second-order valence-corrected chi connectivity index (χ2v) is 5.94. The molecule has 1 aromatic heterocycles. The molecule has 0 saturated carbocycles. The lowest BCUT2D eigenvalue weighted by molar-refractivity contribution is -0.139. The largest absolute Gasteiger partial charge is 0.482 e. The summed E-state index contributed by atoms with van der Waals surface area (Å²) < 4.78 is 5.05. The van der Waals surface area contributed by atoms with Crippen molar-refractivity contribution < 1.29 is 19.4 Å². The molecule has 0 unspecified atom stereocenters. The number of benzene rings is 1. The molecule has 8 heteroatoms. The Morgan fingerprint density at radius 3 is 2.62 bits per heavy atom. The van der Waals surface area contributed by atoms with Crippen molar-refractivity contribution in [1.29, 1.82) is 0 Å². The number of ether oxygens (including phenoxy) is 1. The third-order valence-corrected chi connectivity index (χ3v) is 3.93. The van der Waals surface area contributed by atoms with Crippen LogP contribution in [-0.4, -0.2) is 34.3 Å². The molecule has 2 aromatic rings. The zero-order chi connectivity index (χ0) is 17.5. The second kappa shape index (κ2) is 8.21. The molecule has 1 aromatic carbocycles. The lowest BCUT2D eigenvalue weighted by Crippen LogP contribution is -2.21. The van der Waals surface area contributed by atoms with Gasteiger partial charge in [0.25, 0.3) is 0 Å². The highest BCUT2D eigenvalue weighted by molar-refractivity contribution is 7.09. The van der Waals surface area contributed by atoms with Crippen molar-refractivity contribution in [3.63, 3.8) is 0 Å². The van der Waals surface area contributed by atoms with Crippen LogP contribution in [0.5, 0.6) is 5.75 Å². The summed E-state index contributed by atoms with van der Waals surface area (Å²) in [6, 6.07) is 6.79. The van der Waals surface area contributed by atoms with Gasteiger partial charge in [-0.3, -0.25) is 4.79 Å². The normalized spacial score (nSPS) is 11.2. The van der Waals surface area contributed by atoms with Crippen molar-refractivity contribution in [3.05, 3.63) is 45.9 Å². The van der Waals surface area contributed by atoms with Gasteiger partial charge in [0.2, 0.25) is 5.91 Å². The van der Waals surface area contributed by atoms with Gasteiger partial charge in [0, 0.05) is 11.1 Å². The predicted octanol–water partition coefficient (Wildman–Crippen LogP) is 2.00. The van der Waals surface area contributed by atoms with Gasteiger partial charge in [-0.1, -0.05) is 0 Å². The number of hydrogen-bond acceptors (Lipinski definition) is 6. The first kappa shape index (κ1) is 17.6. The van der Waals surface area contributed by atoms with Crippen molar-refractivity contribution >= 4 is 28.9 Å². The van der Waals surface area contributed by atoms with Crippen molar-refractivity contribution in [2.75, 3.05) is 6.61 Å². The van der Waals surface area contributed by atoms with Gasteiger partial charge in [0.15, 0.2) is 6.61 Å². The van der Waals surface area contributed by atoms with Crippen LogP contribution in [0.4, 0.5) is 0 Å². The Labute approximate surface area is 143 Å². The average molecular weight is 347 g/mol. The highest BCUT2D eigenvalue weighted by atomic mass is 32.1. The van der Waals surface area contributed by atoms with Crippen LogP contribution in [0.3, 0.4) is 0 Å². The third kappa shape index (κ3) is 5.47. The van der Waals surface area contributed by atoms with E-state index in [2.05, 4.69) is 15.5 Å². The molecule has 24 heavy (non-hydrogen) atoms. The fourth-order valence-corrected chi connectivity index (χ4v) is 2.58. The molecular formula is C16H17N3O4S. The summed E-state index contributed by atoms with van der Waals surface area (Å²) in [5, 5.41) is 15.3. The summed E-state index contributed by atoms with van der Waals surface area (Å²) in [7, 11) is 0. The molecule has 0 bridgehead atoms.